The van der Waals surface area contributed by atoms with Crippen LogP contribution in [0, 0.1) is 5.41 Å². The van der Waals surface area contributed by atoms with Gasteiger partial charge < -0.3 is 19.7 Å². The predicted molar refractivity (Wildman–Crippen MR) is 105 cm³/mol. The van der Waals surface area contributed by atoms with Crippen molar-refractivity contribution in [3.63, 3.8) is 0 Å². The number of rotatable bonds is 4. The maximum Gasteiger partial charge on any atom is 0.258 e. The van der Waals surface area contributed by atoms with Crippen molar-refractivity contribution in [1.82, 2.24) is 10.2 Å². The number of nitrogens with zero attached hydrogens (tertiary/aromatic N) is 1. The molecule has 2 fully saturated rings. The van der Waals surface area contributed by atoms with E-state index >= 15 is 0 Å². The number of benzene rings is 1. The van der Waals surface area contributed by atoms with Gasteiger partial charge in [0.2, 0.25) is 0 Å². The largest absolute Gasteiger partial charge is 0.486 e. The lowest BCUT2D eigenvalue weighted by Gasteiger charge is -2.30. The first-order chi connectivity index (χ1) is 13.3. The van der Waals surface area contributed by atoms with E-state index in [1.165, 1.54) is 5.56 Å². The molecule has 1 saturated heterocycles. The number of carbonyl (C=O) groups is 1. The molecule has 1 aromatic heterocycles. The van der Waals surface area contributed by atoms with Gasteiger partial charge in [0.25, 0.3) is 5.91 Å². The van der Waals surface area contributed by atoms with Crippen LogP contribution in [-0.2, 0) is 6.54 Å². The van der Waals surface area contributed by atoms with Gasteiger partial charge in [0.1, 0.15) is 13.2 Å². The van der Waals surface area contributed by atoms with E-state index in [1.807, 2.05) is 18.2 Å². The molecule has 1 spiro atoms. The molecule has 3 aliphatic rings. The van der Waals surface area contributed by atoms with Crippen molar-refractivity contribution in [3.05, 3.63) is 46.2 Å². The van der Waals surface area contributed by atoms with E-state index in [0.717, 1.165) is 32.4 Å². The molecule has 6 heteroatoms. The lowest BCUT2D eigenvalue weighted by atomic mass is 9.93. The van der Waals surface area contributed by atoms with Crippen LogP contribution in [0.3, 0.4) is 0 Å². The third-order valence-electron chi connectivity index (χ3n) is 6.11. The fraction of sp³-hybridized carbons (Fsp3) is 0.476. The monoisotopic (exact) mass is 384 g/mol. The average Bonchev–Trinajstić information content (AvgIpc) is 3.14. The minimum atomic E-state index is 0.0592. The number of thiophene rings is 1. The van der Waals surface area contributed by atoms with Gasteiger partial charge in [0, 0.05) is 12.6 Å². The molecule has 1 aliphatic carbocycles. The zero-order valence-corrected chi connectivity index (χ0v) is 16.1. The van der Waals surface area contributed by atoms with Crippen molar-refractivity contribution in [3.8, 4) is 11.5 Å². The fourth-order valence-electron chi connectivity index (χ4n) is 4.53. The lowest BCUT2D eigenvalue weighted by Crippen LogP contribution is -2.39. The summed E-state index contributed by atoms with van der Waals surface area (Å²) in [6.07, 6.45) is 3.41. The second-order valence-electron chi connectivity index (χ2n) is 7.73. The highest BCUT2D eigenvalue weighted by Crippen LogP contribution is 2.56. The summed E-state index contributed by atoms with van der Waals surface area (Å²) in [6.45, 7) is 3.78. The van der Waals surface area contributed by atoms with E-state index in [0.29, 0.717) is 48.3 Å². The highest BCUT2D eigenvalue weighted by molar-refractivity contribution is 7.07. The normalized spacial score (nSPS) is 22.4. The highest BCUT2D eigenvalue weighted by Gasteiger charge is 2.58. The van der Waals surface area contributed by atoms with E-state index in [2.05, 4.69) is 27.0 Å². The molecule has 1 amide bonds. The third-order valence-corrected chi connectivity index (χ3v) is 6.84. The number of nitrogens with one attached hydrogen (secondary N) is 1. The Labute approximate surface area is 163 Å². The Bertz CT molecular complexity index is 830. The van der Waals surface area contributed by atoms with Crippen molar-refractivity contribution in [2.45, 2.75) is 31.8 Å². The first-order valence-electron chi connectivity index (χ1n) is 9.68. The van der Waals surface area contributed by atoms with Crippen LogP contribution in [0.5, 0.6) is 11.5 Å². The fourth-order valence-corrected chi connectivity index (χ4v) is 5.19. The summed E-state index contributed by atoms with van der Waals surface area (Å²) in [5.74, 6) is 1.34. The van der Waals surface area contributed by atoms with Gasteiger partial charge >= 0.3 is 0 Å². The Hall–Kier alpha value is -2.05. The van der Waals surface area contributed by atoms with Crippen LogP contribution in [0.1, 0.15) is 35.2 Å². The lowest BCUT2D eigenvalue weighted by molar-refractivity contribution is 0.0682. The second kappa shape index (κ2) is 6.84. The summed E-state index contributed by atoms with van der Waals surface area (Å²) in [7, 11) is 0. The minimum Gasteiger partial charge on any atom is -0.486 e. The SMILES string of the molecule is O=C(c1cccc2c1OCCO2)N(Cc1ccsc1)C1CC12CCNCC2. The number of hydrogen-bond donors (Lipinski definition) is 1. The topological polar surface area (TPSA) is 50.8 Å². The number of para-hydroxylation sites is 1. The van der Waals surface area contributed by atoms with Gasteiger partial charge in [-0.2, -0.15) is 11.3 Å². The molecule has 0 radical (unpaired) electrons. The van der Waals surface area contributed by atoms with Gasteiger partial charge in [-0.15, -0.1) is 0 Å². The molecule has 1 N–H and O–H groups in total. The van der Waals surface area contributed by atoms with Gasteiger partial charge in [-0.3, -0.25) is 4.79 Å². The van der Waals surface area contributed by atoms with Crippen LogP contribution in [0.15, 0.2) is 35.0 Å². The molecule has 142 valence electrons. The van der Waals surface area contributed by atoms with Crippen LogP contribution in [0.25, 0.3) is 0 Å². The number of hydrogen-bond acceptors (Lipinski definition) is 5. The Morgan fingerprint density at radius 1 is 1.22 bits per heavy atom. The summed E-state index contributed by atoms with van der Waals surface area (Å²) < 4.78 is 11.5. The molecule has 0 bridgehead atoms. The standard InChI is InChI=1S/C21H24N2O3S/c24-20(16-2-1-3-17-19(16)26-10-9-25-17)23(13-15-4-11-27-14-15)18-12-21(18)5-7-22-8-6-21/h1-4,11,14,18,22H,5-10,12-13H2. The molecule has 5 rings (SSSR count). The van der Waals surface area contributed by atoms with Crippen LogP contribution in [0.4, 0.5) is 0 Å². The quantitative estimate of drug-likeness (QED) is 0.879. The molecule has 1 atom stereocenters. The Kier molecular flexibility index (Phi) is 4.32. The van der Waals surface area contributed by atoms with Crippen LogP contribution < -0.4 is 14.8 Å². The van der Waals surface area contributed by atoms with Gasteiger partial charge in [-0.1, -0.05) is 6.07 Å². The van der Waals surface area contributed by atoms with Crippen LogP contribution >= 0.6 is 11.3 Å². The molecule has 27 heavy (non-hydrogen) atoms. The van der Waals surface area contributed by atoms with Crippen LogP contribution in [0.2, 0.25) is 0 Å². The number of amides is 1. The first-order valence-corrected chi connectivity index (χ1v) is 10.6. The molecule has 1 unspecified atom stereocenters. The van der Waals surface area contributed by atoms with Gasteiger partial charge in [-0.25, -0.2) is 0 Å². The molecule has 1 saturated carbocycles. The van der Waals surface area contributed by atoms with Crippen molar-refractivity contribution in [2.24, 2.45) is 5.41 Å². The van der Waals surface area contributed by atoms with E-state index in [1.54, 1.807) is 11.3 Å². The molecular weight excluding hydrogens is 360 g/mol. The molecular formula is C21H24N2O3S. The summed E-state index contributed by atoms with van der Waals surface area (Å²) >= 11 is 1.68. The van der Waals surface area contributed by atoms with Crippen molar-refractivity contribution >= 4 is 17.2 Å². The van der Waals surface area contributed by atoms with E-state index in [-0.39, 0.29) is 5.91 Å². The summed E-state index contributed by atoms with van der Waals surface area (Å²) in [6, 6.07) is 8.06. The molecule has 3 heterocycles. The number of piperidine rings is 1. The van der Waals surface area contributed by atoms with E-state index < -0.39 is 0 Å². The summed E-state index contributed by atoms with van der Waals surface area (Å²) in [5, 5.41) is 7.66. The Morgan fingerprint density at radius 3 is 2.89 bits per heavy atom. The molecule has 1 aromatic carbocycles. The minimum absolute atomic E-state index is 0.0592. The van der Waals surface area contributed by atoms with E-state index in [9.17, 15) is 4.79 Å². The van der Waals surface area contributed by atoms with Crippen LogP contribution in [-0.4, -0.2) is 43.2 Å². The second-order valence-corrected chi connectivity index (χ2v) is 8.51. The summed E-state index contributed by atoms with van der Waals surface area (Å²) in [4.78, 5) is 15.7. The average molecular weight is 385 g/mol. The van der Waals surface area contributed by atoms with E-state index in [4.69, 9.17) is 9.47 Å². The van der Waals surface area contributed by atoms with Gasteiger partial charge in [0.15, 0.2) is 11.5 Å². The number of carbonyl (C=O) groups excluding carboxylic acids is 1. The Morgan fingerprint density at radius 2 is 2.07 bits per heavy atom. The first kappa shape index (κ1) is 17.1. The number of ether oxygens (including phenoxy) is 2. The Balaban J connectivity index is 1.46. The van der Waals surface area contributed by atoms with Crippen molar-refractivity contribution in [1.29, 1.82) is 0 Å². The molecule has 2 aliphatic heterocycles. The number of fused-ring (bicyclic) bond motifs is 1. The maximum absolute atomic E-state index is 13.6. The predicted octanol–water partition coefficient (Wildman–Crippen LogP) is 3.30. The zero-order valence-electron chi connectivity index (χ0n) is 15.3. The summed E-state index contributed by atoms with van der Waals surface area (Å²) in [5.41, 5.74) is 2.12. The third kappa shape index (κ3) is 3.11. The van der Waals surface area contributed by atoms with Gasteiger partial charge in [-0.05, 0) is 72.3 Å². The zero-order chi connectivity index (χ0) is 18.3. The van der Waals surface area contributed by atoms with Gasteiger partial charge in [0.05, 0.1) is 5.56 Å². The molecule has 2 aromatic rings. The smallest absolute Gasteiger partial charge is 0.258 e. The van der Waals surface area contributed by atoms with Crippen molar-refractivity contribution in [2.75, 3.05) is 26.3 Å². The maximum atomic E-state index is 13.6. The molecule has 5 nitrogen and oxygen atoms in total. The highest BCUT2D eigenvalue weighted by atomic mass is 32.1. The van der Waals surface area contributed by atoms with Crippen molar-refractivity contribution < 1.29 is 14.3 Å².